The number of fused-ring (bicyclic) bond motifs is 1. The molecule has 5 nitrogen and oxygen atoms in total. The van der Waals surface area contributed by atoms with E-state index >= 15 is 0 Å². The van der Waals surface area contributed by atoms with Gasteiger partial charge in [-0.1, -0.05) is 0 Å². The number of halogens is 2. The number of carbonyl (C=O) groups is 1. The molecule has 15 heavy (non-hydrogen) atoms. The molecule has 0 saturated carbocycles. The van der Waals surface area contributed by atoms with Crippen molar-refractivity contribution in [2.24, 2.45) is 0 Å². The van der Waals surface area contributed by atoms with Gasteiger partial charge < -0.3 is 20.3 Å². The van der Waals surface area contributed by atoms with E-state index in [0.29, 0.717) is 0 Å². The van der Waals surface area contributed by atoms with E-state index in [0.717, 1.165) is 0 Å². The third-order valence-corrected chi connectivity index (χ3v) is 2.66. The summed E-state index contributed by atoms with van der Waals surface area (Å²) >= 11 is 2.91. The Kier molecular flexibility index (Phi) is 2.18. The summed E-state index contributed by atoms with van der Waals surface area (Å²) in [6.07, 6.45) is 0. The molecular weight excluding hydrogens is 273 g/mol. The summed E-state index contributed by atoms with van der Waals surface area (Å²) in [7, 11) is 0. The lowest BCUT2D eigenvalue weighted by Gasteiger charge is -2.08. The number of aromatic carboxylic acids is 1. The molecule has 0 aromatic heterocycles. The molecule has 3 N–H and O–H groups in total. The number of carboxylic acids is 1. The fourth-order valence-electron chi connectivity index (χ4n) is 1.29. The smallest absolute Gasteiger partial charge is 0.341 e. The van der Waals surface area contributed by atoms with Gasteiger partial charge in [0.2, 0.25) is 6.79 Å². The van der Waals surface area contributed by atoms with Gasteiger partial charge in [0.05, 0.1) is 5.69 Å². The second-order valence-corrected chi connectivity index (χ2v) is 3.58. The largest absolute Gasteiger partial charge is 0.477 e. The molecule has 0 atom stereocenters. The fourth-order valence-corrected chi connectivity index (χ4v) is 1.80. The second kappa shape index (κ2) is 3.27. The van der Waals surface area contributed by atoms with E-state index in [2.05, 4.69) is 15.9 Å². The van der Waals surface area contributed by atoms with Gasteiger partial charge in [-0.3, -0.25) is 0 Å². The van der Waals surface area contributed by atoms with Gasteiger partial charge in [0.15, 0.2) is 17.3 Å². The van der Waals surface area contributed by atoms with Crippen molar-refractivity contribution in [3.63, 3.8) is 0 Å². The zero-order valence-corrected chi connectivity index (χ0v) is 8.80. The van der Waals surface area contributed by atoms with E-state index < -0.39 is 23.0 Å². The minimum atomic E-state index is -1.36. The molecule has 0 unspecified atom stereocenters. The van der Waals surface area contributed by atoms with Crippen LogP contribution in [0.3, 0.4) is 0 Å². The van der Waals surface area contributed by atoms with Crippen molar-refractivity contribution in [3.05, 3.63) is 15.9 Å². The number of hydrogen-bond donors (Lipinski definition) is 2. The molecule has 1 aromatic carbocycles. The lowest BCUT2D eigenvalue weighted by atomic mass is 10.1. The van der Waals surface area contributed by atoms with Crippen LogP contribution < -0.4 is 15.2 Å². The Labute approximate surface area is 91.7 Å². The standard InChI is InChI=1S/C8H5BrFNO4/c9-3-4(10)5(11)2(8(12)13)6-7(3)15-1-14-6/h1,11H2,(H,12,13). The van der Waals surface area contributed by atoms with Crippen LogP contribution in [0.1, 0.15) is 10.4 Å². The summed E-state index contributed by atoms with van der Waals surface area (Å²) in [4.78, 5) is 10.8. The maximum Gasteiger partial charge on any atom is 0.341 e. The summed E-state index contributed by atoms with van der Waals surface area (Å²) in [5.74, 6) is -2.25. The lowest BCUT2D eigenvalue weighted by molar-refractivity contribution is 0.0693. The Morgan fingerprint density at radius 3 is 2.67 bits per heavy atom. The van der Waals surface area contributed by atoms with Crippen LogP contribution in [0.2, 0.25) is 0 Å². The molecule has 0 fully saturated rings. The molecule has 0 spiro atoms. The molecule has 2 rings (SSSR count). The van der Waals surface area contributed by atoms with Crippen LogP contribution in [0.5, 0.6) is 11.5 Å². The number of rotatable bonds is 1. The molecule has 1 aromatic rings. The highest BCUT2D eigenvalue weighted by Crippen LogP contribution is 2.46. The van der Waals surface area contributed by atoms with Crippen molar-refractivity contribution in [1.29, 1.82) is 0 Å². The zero-order valence-electron chi connectivity index (χ0n) is 7.21. The summed E-state index contributed by atoms with van der Waals surface area (Å²) in [6.45, 7) is -0.156. The van der Waals surface area contributed by atoms with E-state index in [4.69, 9.17) is 20.3 Å². The molecule has 0 radical (unpaired) electrons. The Balaban J connectivity index is 2.81. The maximum atomic E-state index is 13.4. The van der Waals surface area contributed by atoms with Gasteiger partial charge in [-0.15, -0.1) is 0 Å². The number of nitrogens with two attached hydrogens (primary N) is 1. The first-order valence-corrected chi connectivity index (χ1v) is 4.62. The second-order valence-electron chi connectivity index (χ2n) is 2.79. The average molecular weight is 278 g/mol. The highest BCUT2D eigenvalue weighted by Gasteiger charge is 2.31. The Hall–Kier alpha value is -1.50. The van der Waals surface area contributed by atoms with Gasteiger partial charge in [-0.2, -0.15) is 0 Å². The first-order chi connectivity index (χ1) is 7.04. The minimum Gasteiger partial charge on any atom is -0.477 e. The topological polar surface area (TPSA) is 81.8 Å². The van der Waals surface area contributed by atoms with Crippen LogP contribution in [0, 0.1) is 5.82 Å². The quantitative estimate of drug-likeness (QED) is 0.762. The van der Waals surface area contributed by atoms with Crippen LogP contribution in [-0.4, -0.2) is 17.9 Å². The third-order valence-electron chi connectivity index (χ3n) is 1.95. The first kappa shape index (κ1) is 10.0. The van der Waals surface area contributed by atoms with E-state index in [-0.39, 0.29) is 22.8 Å². The summed E-state index contributed by atoms with van der Waals surface area (Å²) in [5, 5.41) is 8.85. The molecule has 1 aliphatic heterocycles. The van der Waals surface area contributed by atoms with Crippen molar-refractivity contribution < 1.29 is 23.8 Å². The predicted molar refractivity (Wildman–Crippen MR) is 51.6 cm³/mol. The van der Waals surface area contributed by atoms with Crippen LogP contribution >= 0.6 is 15.9 Å². The molecule has 1 aliphatic rings. The highest BCUT2D eigenvalue weighted by molar-refractivity contribution is 9.10. The molecule has 80 valence electrons. The van der Waals surface area contributed by atoms with Crippen LogP contribution in [0.25, 0.3) is 0 Å². The Morgan fingerprint density at radius 2 is 2.07 bits per heavy atom. The number of carboxylic acid groups (broad SMARTS) is 1. The van der Waals surface area contributed by atoms with Crippen LogP contribution in [0.4, 0.5) is 10.1 Å². The van der Waals surface area contributed by atoms with Gasteiger partial charge in [0, 0.05) is 0 Å². The van der Waals surface area contributed by atoms with Gasteiger partial charge >= 0.3 is 5.97 Å². The van der Waals surface area contributed by atoms with Crippen LogP contribution in [0.15, 0.2) is 4.47 Å². The van der Waals surface area contributed by atoms with Crippen molar-refractivity contribution in [3.8, 4) is 11.5 Å². The zero-order chi connectivity index (χ0) is 11.2. The summed E-state index contributed by atoms with van der Waals surface area (Å²) in [6, 6.07) is 0. The summed E-state index contributed by atoms with van der Waals surface area (Å²) in [5.41, 5.74) is 4.45. The third kappa shape index (κ3) is 1.30. The molecule has 0 amide bonds. The van der Waals surface area contributed by atoms with Crippen molar-refractivity contribution in [2.75, 3.05) is 12.5 Å². The van der Waals surface area contributed by atoms with E-state index in [1.54, 1.807) is 0 Å². The predicted octanol–water partition coefficient (Wildman–Crippen LogP) is 1.60. The molecular formula is C8H5BrFNO4. The minimum absolute atomic E-state index is 0.0269. The van der Waals surface area contributed by atoms with Gasteiger partial charge in [0.1, 0.15) is 10.0 Å². The number of benzene rings is 1. The van der Waals surface area contributed by atoms with E-state index in [9.17, 15) is 9.18 Å². The molecule has 7 heteroatoms. The first-order valence-electron chi connectivity index (χ1n) is 3.83. The Morgan fingerprint density at radius 1 is 1.47 bits per heavy atom. The molecule has 1 heterocycles. The highest BCUT2D eigenvalue weighted by atomic mass is 79.9. The number of hydrogen-bond acceptors (Lipinski definition) is 4. The van der Waals surface area contributed by atoms with E-state index in [1.165, 1.54) is 0 Å². The number of anilines is 1. The molecule has 0 saturated heterocycles. The molecule has 0 bridgehead atoms. The summed E-state index contributed by atoms with van der Waals surface area (Å²) < 4.78 is 23.3. The fraction of sp³-hybridized carbons (Fsp3) is 0.125. The van der Waals surface area contributed by atoms with Gasteiger partial charge in [-0.05, 0) is 15.9 Å². The molecule has 0 aliphatic carbocycles. The van der Waals surface area contributed by atoms with Crippen molar-refractivity contribution in [2.45, 2.75) is 0 Å². The van der Waals surface area contributed by atoms with Gasteiger partial charge in [0.25, 0.3) is 0 Å². The lowest BCUT2D eigenvalue weighted by Crippen LogP contribution is -2.06. The maximum absolute atomic E-state index is 13.4. The monoisotopic (exact) mass is 277 g/mol. The van der Waals surface area contributed by atoms with Crippen LogP contribution in [-0.2, 0) is 0 Å². The van der Waals surface area contributed by atoms with Crippen molar-refractivity contribution >= 4 is 27.6 Å². The Bertz CT molecular complexity index is 463. The van der Waals surface area contributed by atoms with Crippen molar-refractivity contribution in [1.82, 2.24) is 0 Å². The number of nitrogen functional groups attached to an aromatic ring is 1. The normalized spacial score (nSPS) is 12.9. The average Bonchev–Trinajstić information content (AvgIpc) is 2.62. The number of ether oxygens (including phenoxy) is 2. The van der Waals surface area contributed by atoms with Gasteiger partial charge in [-0.25, -0.2) is 9.18 Å². The SMILES string of the molecule is Nc1c(F)c(Br)c2c(c1C(=O)O)OCO2. The van der Waals surface area contributed by atoms with E-state index in [1.807, 2.05) is 0 Å².